The first-order valence-corrected chi connectivity index (χ1v) is 16.2. The first-order valence-electron chi connectivity index (χ1n) is 14.8. The standard InChI is InChI=1S/C36H37NO7S/c1-24-13-19-28(20-14-24)45(40,41)44-27-17-15-25(16-18-27)21-26(34(38)43-36(2,3)4)22-37-35(39)42-23-33-31-11-7-5-9-29(31)30-10-6-8-12-32(30)33/h5-20,26,33H,21-23H2,1-4H3,(H,37,39). The van der Waals surface area contributed by atoms with Crippen LogP contribution in [0.3, 0.4) is 0 Å². The first-order chi connectivity index (χ1) is 21.4. The molecule has 0 radical (unpaired) electrons. The van der Waals surface area contributed by atoms with E-state index in [0.29, 0.717) is 0 Å². The summed E-state index contributed by atoms with van der Waals surface area (Å²) in [4.78, 5) is 26.0. The fraction of sp³-hybridized carbons (Fsp3) is 0.278. The van der Waals surface area contributed by atoms with Crippen LogP contribution in [-0.4, -0.2) is 39.2 Å². The molecule has 1 atom stereocenters. The molecule has 5 rings (SSSR count). The average molecular weight is 628 g/mol. The van der Waals surface area contributed by atoms with E-state index in [0.717, 1.165) is 33.4 Å². The Morgan fingerprint density at radius 3 is 1.98 bits per heavy atom. The van der Waals surface area contributed by atoms with Gasteiger partial charge in [0.05, 0.1) is 5.92 Å². The molecule has 0 saturated heterocycles. The average Bonchev–Trinajstić information content (AvgIpc) is 3.31. The summed E-state index contributed by atoms with van der Waals surface area (Å²) in [6.45, 7) is 7.36. The highest BCUT2D eigenvalue weighted by Crippen LogP contribution is 2.44. The molecule has 45 heavy (non-hydrogen) atoms. The number of nitrogens with one attached hydrogen (secondary N) is 1. The Balaban J connectivity index is 1.22. The largest absolute Gasteiger partial charge is 0.460 e. The molecule has 1 aliphatic rings. The molecule has 0 saturated carbocycles. The van der Waals surface area contributed by atoms with E-state index in [1.54, 1.807) is 45.0 Å². The highest BCUT2D eigenvalue weighted by atomic mass is 32.2. The lowest BCUT2D eigenvalue weighted by molar-refractivity contribution is -0.159. The number of ether oxygens (including phenoxy) is 2. The Bertz CT molecular complexity index is 1730. The number of amides is 1. The summed E-state index contributed by atoms with van der Waals surface area (Å²) in [5, 5.41) is 2.74. The fourth-order valence-corrected chi connectivity index (χ4v) is 6.26. The lowest BCUT2D eigenvalue weighted by Gasteiger charge is -2.24. The van der Waals surface area contributed by atoms with E-state index in [1.807, 2.05) is 43.3 Å². The zero-order valence-electron chi connectivity index (χ0n) is 25.8. The van der Waals surface area contributed by atoms with Crippen LogP contribution in [0, 0.1) is 12.8 Å². The van der Waals surface area contributed by atoms with E-state index in [4.69, 9.17) is 13.7 Å². The number of alkyl carbamates (subject to hydrolysis) is 1. The molecule has 0 heterocycles. The topological polar surface area (TPSA) is 108 Å². The molecule has 4 aromatic carbocycles. The lowest BCUT2D eigenvalue weighted by atomic mass is 9.98. The molecule has 0 aliphatic heterocycles. The van der Waals surface area contributed by atoms with Gasteiger partial charge in [0, 0.05) is 12.5 Å². The quantitative estimate of drug-likeness (QED) is 0.152. The molecule has 0 spiro atoms. The van der Waals surface area contributed by atoms with Gasteiger partial charge in [-0.1, -0.05) is 78.4 Å². The second-order valence-corrected chi connectivity index (χ2v) is 13.7. The predicted octanol–water partition coefficient (Wildman–Crippen LogP) is 6.80. The van der Waals surface area contributed by atoms with Gasteiger partial charge in [0.15, 0.2) is 0 Å². The number of aryl methyl sites for hydroxylation is 1. The Morgan fingerprint density at radius 1 is 0.822 bits per heavy atom. The summed E-state index contributed by atoms with van der Waals surface area (Å²) >= 11 is 0. The second kappa shape index (κ2) is 13.2. The summed E-state index contributed by atoms with van der Waals surface area (Å²) in [6.07, 6.45) is -0.390. The Labute approximate surface area is 264 Å². The molecule has 234 valence electrons. The minimum Gasteiger partial charge on any atom is -0.460 e. The number of fused-ring (bicyclic) bond motifs is 3. The third-order valence-corrected chi connectivity index (χ3v) is 8.76. The number of rotatable bonds is 10. The molecule has 0 bridgehead atoms. The second-order valence-electron chi connectivity index (χ2n) is 12.1. The van der Waals surface area contributed by atoms with Crippen molar-refractivity contribution in [2.45, 2.75) is 50.5 Å². The number of hydrogen-bond acceptors (Lipinski definition) is 7. The Kier molecular flexibility index (Phi) is 9.29. The molecule has 1 unspecified atom stereocenters. The van der Waals surface area contributed by atoms with Gasteiger partial charge in [-0.25, -0.2) is 4.79 Å². The number of carbonyl (C=O) groups is 2. The van der Waals surface area contributed by atoms with Gasteiger partial charge in [-0.15, -0.1) is 0 Å². The van der Waals surface area contributed by atoms with E-state index in [1.165, 1.54) is 24.3 Å². The maximum Gasteiger partial charge on any atom is 0.407 e. The van der Waals surface area contributed by atoms with Crippen molar-refractivity contribution in [2.24, 2.45) is 5.92 Å². The van der Waals surface area contributed by atoms with Gasteiger partial charge in [0.25, 0.3) is 0 Å². The van der Waals surface area contributed by atoms with Crippen LogP contribution in [0.2, 0.25) is 0 Å². The maximum atomic E-state index is 13.1. The molecule has 1 aliphatic carbocycles. The van der Waals surface area contributed by atoms with Crippen molar-refractivity contribution in [3.8, 4) is 16.9 Å². The highest BCUT2D eigenvalue weighted by Gasteiger charge is 2.30. The summed E-state index contributed by atoms with van der Waals surface area (Å²) in [5.41, 5.74) is 5.44. The third kappa shape index (κ3) is 7.91. The monoisotopic (exact) mass is 627 g/mol. The van der Waals surface area contributed by atoms with Gasteiger partial charge in [-0.3, -0.25) is 4.79 Å². The maximum absolute atomic E-state index is 13.1. The van der Waals surface area contributed by atoms with Crippen LogP contribution >= 0.6 is 0 Å². The smallest absolute Gasteiger partial charge is 0.407 e. The number of benzene rings is 4. The summed E-state index contributed by atoms with van der Waals surface area (Å²) < 4.78 is 41.9. The summed E-state index contributed by atoms with van der Waals surface area (Å²) in [7, 11) is -4.00. The lowest BCUT2D eigenvalue weighted by Crippen LogP contribution is -2.38. The minimum absolute atomic E-state index is 0.00829. The first kappa shape index (κ1) is 31.8. The van der Waals surface area contributed by atoms with Crippen molar-refractivity contribution in [3.05, 3.63) is 119 Å². The fourth-order valence-electron chi connectivity index (χ4n) is 5.33. The van der Waals surface area contributed by atoms with Crippen molar-refractivity contribution in [1.82, 2.24) is 5.32 Å². The molecule has 0 fully saturated rings. The molecule has 0 aromatic heterocycles. The zero-order valence-corrected chi connectivity index (χ0v) is 26.6. The number of hydrogen-bond donors (Lipinski definition) is 1. The van der Waals surface area contributed by atoms with Crippen molar-refractivity contribution in [2.75, 3.05) is 13.2 Å². The molecular formula is C36H37NO7S. The van der Waals surface area contributed by atoms with Crippen LogP contribution in [0.15, 0.2) is 102 Å². The molecule has 8 nitrogen and oxygen atoms in total. The van der Waals surface area contributed by atoms with Crippen molar-refractivity contribution < 1.29 is 31.7 Å². The van der Waals surface area contributed by atoms with Gasteiger partial charge in [-0.05, 0) is 86.2 Å². The van der Waals surface area contributed by atoms with Gasteiger partial charge in [0.1, 0.15) is 22.9 Å². The highest BCUT2D eigenvalue weighted by molar-refractivity contribution is 7.87. The van der Waals surface area contributed by atoms with Gasteiger partial charge < -0.3 is 19.0 Å². The summed E-state index contributed by atoms with van der Waals surface area (Å²) in [5.74, 6) is -1.12. The summed E-state index contributed by atoms with van der Waals surface area (Å²) in [6, 6.07) is 29.0. The molecule has 1 N–H and O–H groups in total. The Hall–Kier alpha value is -4.63. The number of carbonyl (C=O) groups excluding carboxylic acids is 2. The Morgan fingerprint density at radius 2 is 1.40 bits per heavy atom. The van der Waals surface area contributed by atoms with Crippen LogP contribution in [0.1, 0.15) is 48.9 Å². The van der Waals surface area contributed by atoms with Crippen molar-refractivity contribution >= 4 is 22.2 Å². The van der Waals surface area contributed by atoms with E-state index in [9.17, 15) is 18.0 Å². The van der Waals surface area contributed by atoms with E-state index >= 15 is 0 Å². The molecular weight excluding hydrogens is 590 g/mol. The minimum atomic E-state index is -4.00. The SMILES string of the molecule is Cc1ccc(S(=O)(=O)Oc2ccc(CC(CNC(=O)OCC3c4ccccc4-c4ccccc43)C(=O)OC(C)(C)C)cc2)cc1. The predicted molar refractivity (Wildman–Crippen MR) is 172 cm³/mol. The number of esters is 1. The molecule has 9 heteroatoms. The van der Waals surface area contributed by atoms with Crippen molar-refractivity contribution in [3.63, 3.8) is 0 Å². The van der Waals surface area contributed by atoms with Crippen LogP contribution in [-0.2, 0) is 30.8 Å². The van der Waals surface area contributed by atoms with Crippen LogP contribution in [0.4, 0.5) is 4.79 Å². The van der Waals surface area contributed by atoms with E-state index in [2.05, 4.69) is 17.4 Å². The molecule has 4 aromatic rings. The van der Waals surface area contributed by atoms with E-state index in [-0.39, 0.29) is 36.1 Å². The molecule has 1 amide bonds. The van der Waals surface area contributed by atoms with Crippen LogP contribution < -0.4 is 9.50 Å². The van der Waals surface area contributed by atoms with Gasteiger partial charge >= 0.3 is 22.2 Å². The van der Waals surface area contributed by atoms with Gasteiger partial charge in [-0.2, -0.15) is 8.42 Å². The van der Waals surface area contributed by atoms with Crippen LogP contribution in [0.5, 0.6) is 5.75 Å². The van der Waals surface area contributed by atoms with Crippen LogP contribution in [0.25, 0.3) is 11.1 Å². The normalized spacial score (nSPS) is 13.3. The third-order valence-electron chi connectivity index (χ3n) is 7.50. The van der Waals surface area contributed by atoms with Crippen molar-refractivity contribution in [1.29, 1.82) is 0 Å². The van der Waals surface area contributed by atoms with E-state index < -0.39 is 33.7 Å². The zero-order chi connectivity index (χ0) is 32.2. The van der Waals surface area contributed by atoms with Gasteiger partial charge in [0.2, 0.25) is 0 Å².